The topological polar surface area (TPSA) is 69.6 Å². The van der Waals surface area contributed by atoms with E-state index in [0.717, 1.165) is 12.2 Å². The molecule has 18 heavy (non-hydrogen) atoms. The van der Waals surface area contributed by atoms with Gasteiger partial charge in [0.25, 0.3) is 0 Å². The van der Waals surface area contributed by atoms with Crippen LogP contribution in [0.5, 0.6) is 0 Å². The average molecular weight is 274 g/mol. The van der Waals surface area contributed by atoms with Crippen LogP contribution in [-0.2, 0) is 4.79 Å². The van der Waals surface area contributed by atoms with Gasteiger partial charge in [0.1, 0.15) is 0 Å². The zero-order valence-corrected chi connectivity index (χ0v) is 11.8. The van der Waals surface area contributed by atoms with Crippen molar-refractivity contribution in [3.63, 3.8) is 0 Å². The highest BCUT2D eigenvalue weighted by Gasteiger charge is 2.27. The largest absolute Gasteiger partial charge is 0.481 e. The molecule has 1 saturated heterocycles. The molecule has 0 aliphatic carbocycles. The average Bonchev–Trinajstić information content (AvgIpc) is 2.36. The number of carbonyl (C=O) groups excluding carboxylic acids is 1. The first-order valence-corrected chi connectivity index (χ1v) is 7.68. The number of carboxylic acids is 1. The number of thioether (sulfide) groups is 1. The van der Waals surface area contributed by atoms with E-state index in [4.69, 9.17) is 5.11 Å². The molecule has 1 aliphatic heterocycles. The Bertz CT molecular complexity index is 299. The maximum absolute atomic E-state index is 11.9. The fraction of sp³-hybridized carbons (Fsp3) is 0.833. The Morgan fingerprint density at radius 3 is 2.89 bits per heavy atom. The number of urea groups is 1. The number of nitrogens with one attached hydrogen (secondary N) is 1. The van der Waals surface area contributed by atoms with Crippen molar-refractivity contribution >= 4 is 23.8 Å². The molecule has 2 amide bonds. The van der Waals surface area contributed by atoms with Gasteiger partial charge < -0.3 is 15.3 Å². The Labute approximate surface area is 112 Å². The maximum Gasteiger partial charge on any atom is 0.317 e. The predicted molar refractivity (Wildman–Crippen MR) is 72.9 cm³/mol. The summed E-state index contributed by atoms with van der Waals surface area (Å²) < 4.78 is 0. The predicted octanol–water partition coefficient (Wildman–Crippen LogP) is 1.49. The summed E-state index contributed by atoms with van der Waals surface area (Å²) in [5.41, 5.74) is 0. The molecule has 6 heteroatoms. The van der Waals surface area contributed by atoms with Crippen LogP contribution in [0, 0.1) is 11.8 Å². The monoisotopic (exact) mass is 274 g/mol. The first kappa shape index (κ1) is 15.1. The van der Waals surface area contributed by atoms with Gasteiger partial charge in [0.05, 0.1) is 5.92 Å². The van der Waals surface area contributed by atoms with Crippen LogP contribution >= 0.6 is 11.8 Å². The van der Waals surface area contributed by atoms with Crippen molar-refractivity contribution in [3.05, 3.63) is 0 Å². The molecule has 1 rings (SSSR count). The molecule has 1 fully saturated rings. The second-order valence-electron chi connectivity index (χ2n) is 4.87. The van der Waals surface area contributed by atoms with Gasteiger partial charge >= 0.3 is 12.0 Å². The molecule has 1 aliphatic rings. The van der Waals surface area contributed by atoms with Crippen LogP contribution < -0.4 is 5.32 Å². The van der Waals surface area contributed by atoms with Gasteiger partial charge in [-0.05, 0) is 30.8 Å². The van der Waals surface area contributed by atoms with Crippen LogP contribution in [0.4, 0.5) is 4.79 Å². The van der Waals surface area contributed by atoms with Gasteiger partial charge in [0, 0.05) is 19.6 Å². The summed E-state index contributed by atoms with van der Waals surface area (Å²) in [6, 6.07) is -0.131. The maximum atomic E-state index is 11.9. The second-order valence-corrected chi connectivity index (χ2v) is 5.78. The number of carbonyl (C=O) groups is 2. The van der Waals surface area contributed by atoms with E-state index in [2.05, 4.69) is 12.2 Å². The van der Waals surface area contributed by atoms with Crippen molar-refractivity contribution < 1.29 is 14.7 Å². The van der Waals surface area contributed by atoms with Gasteiger partial charge in [-0.25, -0.2) is 4.79 Å². The smallest absolute Gasteiger partial charge is 0.317 e. The van der Waals surface area contributed by atoms with Gasteiger partial charge in [-0.1, -0.05) is 6.92 Å². The lowest BCUT2D eigenvalue weighted by atomic mass is 9.99. The highest BCUT2D eigenvalue weighted by molar-refractivity contribution is 7.98. The third-order valence-electron chi connectivity index (χ3n) is 3.11. The molecular weight excluding hydrogens is 252 g/mol. The van der Waals surface area contributed by atoms with Gasteiger partial charge in [-0.2, -0.15) is 11.8 Å². The van der Waals surface area contributed by atoms with Crippen molar-refractivity contribution in [1.29, 1.82) is 0 Å². The fourth-order valence-electron chi connectivity index (χ4n) is 2.08. The fourth-order valence-corrected chi connectivity index (χ4v) is 2.77. The summed E-state index contributed by atoms with van der Waals surface area (Å²) in [6.45, 7) is 3.73. The highest BCUT2D eigenvalue weighted by atomic mass is 32.2. The van der Waals surface area contributed by atoms with Crippen LogP contribution in [0.1, 0.15) is 19.8 Å². The lowest BCUT2D eigenvalue weighted by Gasteiger charge is -2.31. The Balaban J connectivity index is 2.34. The molecule has 104 valence electrons. The molecule has 1 unspecified atom stereocenters. The summed E-state index contributed by atoms with van der Waals surface area (Å²) in [7, 11) is 0. The zero-order valence-electron chi connectivity index (χ0n) is 11.0. The molecule has 0 aromatic rings. The van der Waals surface area contributed by atoms with Gasteiger partial charge in [-0.3, -0.25) is 4.79 Å². The summed E-state index contributed by atoms with van der Waals surface area (Å²) >= 11 is 1.76. The van der Waals surface area contributed by atoms with Gasteiger partial charge in [0.2, 0.25) is 0 Å². The number of amides is 2. The highest BCUT2D eigenvalue weighted by Crippen LogP contribution is 2.16. The van der Waals surface area contributed by atoms with Gasteiger partial charge in [0.15, 0.2) is 0 Å². The second kappa shape index (κ2) is 7.51. The lowest BCUT2D eigenvalue weighted by Crippen LogP contribution is -2.47. The number of hydrogen-bond donors (Lipinski definition) is 2. The van der Waals surface area contributed by atoms with E-state index >= 15 is 0 Å². The normalized spacial score (nSPS) is 21.4. The molecule has 0 aromatic heterocycles. The van der Waals surface area contributed by atoms with E-state index < -0.39 is 11.9 Å². The summed E-state index contributed by atoms with van der Waals surface area (Å²) in [6.07, 6.45) is 3.48. The number of likely N-dealkylation sites (tertiary alicyclic amines) is 1. The van der Waals surface area contributed by atoms with Crippen LogP contribution in [0.15, 0.2) is 0 Å². The van der Waals surface area contributed by atoms with Crippen LogP contribution in [0.25, 0.3) is 0 Å². The molecular formula is C12H22N2O3S. The zero-order chi connectivity index (χ0) is 13.5. The van der Waals surface area contributed by atoms with Gasteiger partial charge in [-0.15, -0.1) is 0 Å². The first-order valence-electron chi connectivity index (χ1n) is 6.29. The van der Waals surface area contributed by atoms with E-state index in [0.29, 0.717) is 32.0 Å². The first-order chi connectivity index (χ1) is 8.54. The number of hydrogen-bond acceptors (Lipinski definition) is 3. The Morgan fingerprint density at radius 2 is 2.28 bits per heavy atom. The quantitative estimate of drug-likeness (QED) is 0.797. The summed E-state index contributed by atoms with van der Waals surface area (Å²) in [4.78, 5) is 24.4. The molecule has 0 aromatic carbocycles. The number of nitrogens with zero attached hydrogens (tertiary/aromatic N) is 1. The number of aliphatic carboxylic acids is 1. The minimum Gasteiger partial charge on any atom is -0.481 e. The molecule has 2 atom stereocenters. The molecule has 1 heterocycles. The van der Waals surface area contributed by atoms with E-state index in [9.17, 15) is 9.59 Å². The number of rotatable bonds is 5. The minimum absolute atomic E-state index is 0.131. The third kappa shape index (κ3) is 4.76. The Kier molecular flexibility index (Phi) is 6.32. The van der Waals surface area contributed by atoms with Crippen LogP contribution in [-0.4, -0.2) is 53.6 Å². The third-order valence-corrected chi connectivity index (χ3v) is 4.01. The van der Waals surface area contributed by atoms with E-state index in [1.165, 1.54) is 0 Å². The minimum atomic E-state index is -0.803. The van der Waals surface area contributed by atoms with Crippen molar-refractivity contribution in [2.45, 2.75) is 19.8 Å². The summed E-state index contributed by atoms with van der Waals surface area (Å²) in [5.74, 6) is 0.235. The molecule has 0 spiro atoms. The molecule has 5 nitrogen and oxygen atoms in total. The van der Waals surface area contributed by atoms with Crippen LogP contribution in [0.2, 0.25) is 0 Å². The molecule has 0 bridgehead atoms. The lowest BCUT2D eigenvalue weighted by molar-refractivity contribution is -0.143. The van der Waals surface area contributed by atoms with E-state index in [1.54, 1.807) is 16.7 Å². The molecule has 0 saturated carbocycles. The van der Waals surface area contributed by atoms with E-state index in [1.807, 2.05) is 6.26 Å². The standard InChI is InChI=1S/C12H22N2O3S/c1-9(8-18-2)6-13-12(17)14-5-3-4-10(7-14)11(15)16/h9-10H,3-8H2,1-2H3,(H,13,17)(H,15,16)/t9?,10-/m1/s1. The van der Waals surface area contributed by atoms with Crippen molar-refractivity contribution in [2.24, 2.45) is 11.8 Å². The van der Waals surface area contributed by atoms with Crippen molar-refractivity contribution in [3.8, 4) is 0 Å². The SMILES string of the molecule is CSCC(C)CNC(=O)N1CCC[C@@H](C(=O)O)C1. The molecule has 2 N–H and O–H groups in total. The summed E-state index contributed by atoms with van der Waals surface area (Å²) in [5, 5.41) is 11.8. The number of carboxylic acid groups (broad SMARTS) is 1. The Morgan fingerprint density at radius 1 is 1.56 bits per heavy atom. The number of piperidine rings is 1. The van der Waals surface area contributed by atoms with Crippen molar-refractivity contribution in [1.82, 2.24) is 10.2 Å². The molecule has 0 radical (unpaired) electrons. The van der Waals surface area contributed by atoms with E-state index in [-0.39, 0.29) is 6.03 Å². The Hall–Kier alpha value is -0.910. The van der Waals surface area contributed by atoms with Crippen LogP contribution in [0.3, 0.4) is 0 Å². The van der Waals surface area contributed by atoms with Crippen molar-refractivity contribution in [2.75, 3.05) is 31.6 Å².